The van der Waals surface area contributed by atoms with Crippen LogP contribution in [0.2, 0.25) is 0 Å². The third kappa shape index (κ3) is 3.21. The van der Waals surface area contributed by atoms with Crippen molar-refractivity contribution < 1.29 is 18.5 Å². The van der Waals surface area contributed by atoms with Gasteiger partial charge in [0.25, 0.3) is 5.91 Å². The number of carbonyl (C=O) groups excluding carboxylic acids is 1. The Labute approximate surface area is 145 Å². The zero-order valence-electron chi connectivity index (χ0n) is 13.8. The molecule has 0 N–H and O–H groups in total. The molecule has 6 nitrogen and oxygen atoms in total. The minimum absolute atomic E-state index is 0.0275. The molecule has 3 heterocycles. The molecular weight excluding hydrogens is 320 g/mol. The smallest absolute Gasteiger partial charge is 0.275 e. The van der Waals surface area contributed by atoms with Crippen LogP contribution in [-0.4, -0.2) is 35.7 Å². The fraction of sp³-hybridized carbons (Fsp3) is 0.263. The van der Waals surface area contributed by atoms with Crippen LogP contribution in [0.15, 0.2) is 57.7 Å². The van der Waals surface area contributed by atoms with Crippen LogP contribution in [0.4, 0.5) is 0 Å². The Kier molecular flexibility index (Phi) is 4.11. The minimum atomic E-state index is -0.205. The number of hydrogen-bond donors (Lipinski definition) is 0. The number of furan rings is 1. The molecule has 1 unspecified atom stereocenters. The summed E-state index contributed by atoms with van der Waals surface area (Å²) in [6.45, 7) is 1.07. The van der Waals surface area contributed by atoms with E-state index in [1.165, 1.54) is 11.1 Å². The van der Waals surface area contributed by atoms with Gasteiger partial charge in [-0.25, -0.2) is 0 Å². The summed E-state index contributed by atoms with van der Waals surface area (Å²) in [4.78, 5) is 14.2. The first kappa shape index (κ1) is 15.7. The second-order valence-corrected chi connectivity index (χ2v) is 6.15. The van der Waals surface area contributed by atoms with Gasteiger partial charge in [-0.3, -0.25) is 4.79 Å². The van der Waals surface area contributed by atoms with Gasteiger partial charge in [0.05, 0.1) is 19.0 Å². The largest absolute Gasteiger partial charge is 0.461 e. The minimum Gasteiger partial charge on any atom is -0.461 e. The molecule has 6 heteroatoms. The third-order valence-electron chi connectivity index (χ3n) is 4.36. The quantitative estimate of drug-likeness (QED) is 0.731. The molecule has 0 bridgehead atoms. The Balaban J connectivity index is 1.41. The van der Waals surface area contributed by atoms with E-state index in [2.05, 4.69) is 17.3 Å². The Bertz CT molecular complexity index is 869. The molecule has 0 aliphatic carbocycles. The maximum atomic E-state index is 12.6. The number of aromatic nitrogens is 1. The van der Waals surface area contributed by atoms with Crippen molar-refractivity contribution in [2.45, 2.75) is 19.1 Å². The monoisotopic (exact) mass is 338 g/mol. The number of carbonyl (C=O) groups is 1. The van der Waals surface area contributed by atoms with Gasteiger partial charge in [-0.1, -0.05) is 29.4 Å². The predicted molar refractivity (Wildman–Crippen MR) is 89.9 cm³/mol. The van der Waals surface area contributed by atoms with Gasteiger partial charge < -0.3 is 18.6 Å². The number of ether oxygens (including phenoxy) is 1. The average molecular weight is 338 g/mol. The van der Waals surface area contributed by atoms with Crippen LogP contribution in [0.1, 0.15) is 21.6 Å². The number of hydrogen-bond acceptors (Lipinski definition) is 5. The van der Waals surface area contributed by atoms with Crippen LogP contribution in [0, 0.1) is 0 Å². The number of rotatable bonds is 4. The van der Waals surface area contributed by atoms with Gasteiger partial charge in [0, 0.05) is 26.1 Å². The van der Waals surface area contributed by atoms with E-state index >= 15 is 0 Å². The Morgan fingerprint density at radius 1 is 1.20 bits per heavy atom. The summed E-state index contributed by atoms with van der Waals surface area (Å²) >= 11 is 0. The molecule has 0 fully saturated rings. The van der Waals surface area contributed by atoms with Gasteiger partial charge in [0.2, 0.25) is 5.76 Å². The third-order valence-corrected chi connectivity index (χ3v) is 4.36. The van der Waals surface area contributed by atoms with E-state index in [0.717, 1.165) is 6.42 Å². The fourth-order valence-corrected chi connectivity index (χ4v) is 3.02. The van der Waals surface area contributed by atoms with Gasteiger partial charge in [-0.05, 0) is 23.3 Å². The van der Waals surface area contributed by atoms with E-state index in [4.69, 9.17) is 13.7 Å². The van der Waals surface area contributed by atoms with Crippen LogP contribution < -0.4 is 0 Å². The highest BCUT2D eigenvalue weighted by atomic mass is 16.5. The molecule has 1 aliphatic rings. The van der Waals surface area contributed by atoms with E-state index < -0.39 is 0 Å². The standard InChI is InChI=1S/C19H18N2O4/c1-21(11-15-9-13-5-2-3-6-14(13)12-24-15)19(22)16-10-18(25-20-16)17-7-4-8-23-17/h2-8,10,15H,9,11-12H2,1H3. The highest BCUT2D eigenvalue weighted by Gasteiger charge is 2.24. The normalized spacial score (nSPS) is 16.4. The molecule has 0 saturated carbocycles. The predicted octanol–water partition coefficient (Wildman–Crippen LogP) is 3.15. The van der Waals surface area contributed by atoms with Crippen molar-refractivity contribution in [3.63, 3.8) is 0 Å². The molecule has 0 spiro atoms. The number of amides is 1. The summed E-state index contributed by atoms with van der Waals surface area (Å²) in [6, 6.07) is 13.3. The summed E-state index contributed by atoms with van der Waals surface area (Å²) < 4.78 is 16.3. The van der Waals surface area contributed by atoms with Crippen LogP contribution in [0.25, 0.3) is 11.5 Å². The van der Waals surface area contributed by atoms with E-state index in [1.807, 2.05) is 12.1 Å². The summed E-state index contributed by atoms with van der Waals surface area (Å²) in [7, 11) is 1.74. The zero-order valence-corrected chi connectivity index (χ0v) is 13.8. The number of likely N-dealkylation sites (N-methyl/N-ethyl adjacent to an activating group) is 1. The Morgan fingerprint density at radius 2 is 2.04 bits per heavy atom. The second-order valence-electron chi connectivity index (χ2n) is 6.15. The van der Waals surface area contributed by atoms with Crippen molar-refractivity contribution in [3.8, 4) is 11.5 Å². The number of benzene rings is 1. The lowest BCUT2D eigenvalue weighted by Crippen LogP contribution is -2.38. The lowest BCUT2D eigenvalue weighted by Gasteiger charge is -2.28. The Hall–Kier alpha value is -2.86. The molecule has 25 heavy (non-hydrogen) atoms. The first-order valence-corrected chi connectivity index (χ1v) is 8.15. The van der Waals surface area contributed by atoms with Gasteiger partial charge >= 0.3 is 0 Å². The number of fused-ring (bicyclic) bond motifs is 1. The lowest BCUT2D eigenvalue weighted by molar-refractivity contribution is 0.00964. The first-order chi connectivity index (χ1) is 12.2. The van der Waals surface area contributed by atoms with Crippen LogP contribution in [-0.2, 0) is 17.8 Å². The first-order valence-electron chi connectivity index (χ1n) is 8.15. The molecular formula is C19H18N2O4. The molecule has 1 amide bonds. The lowest BCUT2D eigenvalue weighted by atomic mass is 9.99. The van der Waals surface area contributed by atoms with Crippen LogP contribution >= 0.6 is 0 Å². The average Bonchev–Trinajstić information content (AvgIpc) is 3.32. The van der Waals surface area contributed by atoms with E-state index in [-0.39, 0.29) is 17.7 Å². The van der Waals surface area contributed by atoms with Crippen molar-refractivity contribution >= 4 is 5.91 Å². The molecule has 0 saturated heterocycles. The summed E-state index contributed by atoms with van der Waals surface area (Å²) in [5, 5.41) is 3.86. The summed E-state index contributed by atoms with van der Waals surface area (Å²) in [5.74, 6) is 0.773. The molecule has 1 atom stereocenters. The van der Waals surface area contributed by atoms with Crippen molar-refractivity contribution in [1.29, 1.82) is 0 Å². The topological polar surface area (TPSA) is 68.7 Å². The van der Waals surface area contributed by atoms with Crippen LogP contribution in [0.3, 0.4) is 0 Å². The maximum absolute atomic E-state index is 12.6. The Morgan fingerprint density at radius 3 is 2.84 bits per heavy atom. The second kappa shape index (κ2) is 6.57. The molecule has 3 aromatic rings. The molecule has 0 radical (unpaired) electrons. The zero-order chi connectivity index (χ0) is 17.2. The fourth-order valence-electron chi connectivity index (χ4n) is 3.02. The van der Waals surface area contributed by atoms with E-state index in [1.54, 1.807) is 36.4 Å². The molecule has 1 aliphatic heterocycles. The molecule has 4 rings (SSSR count). The van der Waals surface area contributed by atoms with Crippen molar-refractivity contribution in [1.82, 2.24) is 10.1 Å². The van der Waals surface area contributed by atoms with Crippen molar-refractivity contribution in [2.75, 3.05) is 13.6 Å². The van der Waals surface area contributed by atoms with Gasteiger partial charge in [-0.15, -0.1) is 0 Å². The summed E-state index contributed by atoms with van der Waals surface area (Å²) in [6.07, 6.45) is 2.31. The van der Waals surface area contributed by atoms with Gasteiger partial charge in [-0.2, -0.15) is 0 Å². The van der Waals surface area contributed by atoms with Crippen LogP contribution in [0.5, 0.6) is 0 Å². The SMILES string of the molecule is CN(CC1Cc2ccccc2CO1)C(=O)c1cc(-c2ccco2)on1. The van der Waals surface area contributed by atoms with Gasteiger partial charge in [0.15, 0.2) is 11.5 Å². The summed E-state index contributed by atoms with van der Waals surface area (Å²) in [5.41, 5.74) is 2.75. The maximum Gasteiger partial charge on any atom is 0.275 e. The van der Waals surface area contributed by atoms with Crippen molar-refractivity contribution in [3.05, 3.63) is 65.5 Å². The highest BCUT2D eigenvalue weighted by molar-refractivity contribution is 5.92. The van der Waals surface area contributed by atoms with E-state index in [0.29, 0.717) is 24.7 Å². The van der Waals surface area contributed by atoms with Gasteiger partial charge in [0.1, 0.15) is 0 Å². The highest BCUT2D eigenvalue weighted by Crippen LogP contribution is 2.23. The van der Waals surface area contributed by atoms with Crippen molar-refractivity contribution in [2.24, 2.45) is 0 Å². The molecule has 1 aromatic carbocycles. The molecule has 128 valence electrons. The van der Waals surface area contributed by atoms with E-state index in [9.17, 15) is 4.79 Å². The number of nitrogens with zero attached hydrogens (tertiary/aromatic N) is 2. The molecule has 2 aromatic heterocycles.